The maximum absolute atomic E-state index is 11.6. The summed E-state index contributed by atoms with van der Waals surface area (Å²) < 4.78 is 0. The van der Waals surface area contributed by atoms with Gasteiger partial charge in [-0.15, -0.1) is 0 Å². The average molecular weight is 261 g/mol. The van der Waals surface area contributed by atoms with Crippen molar-refractivity contribution >= 4 is 5.97 Å². The van der Waals surface area contributed by atoms with Gasteiger partial charge in [-0.2, -0.15) is 0 Å². The maximum Gasteiger partial charge on any atom is 0.328 e. The molecule has 1 aromatic rings. The van der Waals surface area contributed by atoms with Crippen molar-refractivity contribution in [3.8, 4) is 0 Å². The smallest absolute Gasteiger partial charge is 0.328 e. The highest BCUT2D eigenvalue weighted by molar-refractivity contribution is 5.80. The van der Waals surface area contributed by atoms with Crippen LogP contribution in [-0.2, 0) is 16.8 Å². The summed E-state index contributed by atoms with van der Waals surface area (Å²) in [7, 11) is 0. The molecule has 2 rings (SSSR count). The van der Waals surface area contributed by atoms with E-state index in [2.05, 4.69) is 19.2 Å². The number of carboxylic acids is 1. The van der Waals surface area contributed by atoms with Crippen molar-refractivity contribution in [1.82, 2.24) is 5.32 Å². The van der Waals surface area contributed by atoms with Crippen molar-refractivity contribution < 1.29 is 9.90 Å². The van der Waals surface area contributed by atoms with Gasteiger partial charge >= 0.3 is 5.97 Å². The van der Waals surface area contributed by atoms with Crippen molar-refractivity contribution in [1.29, 1.82) is 0 Å². The predicted octanol–water partition coefficient (Wildman–Crippen LogP) is 2.94. The van der Waals surface area contributed by atoms with E-state index in [1.54, 1.807) is 6.92 Å². The number of benzene rings is 1. The molecular weight excluding hydrogens is 238 g/mol. The second-order valence-corrected chi connectivity index (χ2v) is 6.14. The zero-order chi connectivity index (χ0) is 14.0. The highest BCUT2D eigenvalue weighted by atomic mass is 16.4. The summed E-state index contributed by atoms with van der Waals surface area (Å²) in [5, 5.41) is 12.8. The maximum atomic E-state index is 11.6. The Balaban J connectivity index is 2.19. The fourth-order valence-corrected chi connectivity index (χ4v) is 2.35. The molecule has 0 amide bonds. The number of hydrogen-bond acceptors (Lipinski definition) is 2. The van der Waals surface area contributed by atoms with Crippen LogP contribution in [0.1, 0.15) is 44.7 Å². The van der Waals surface area contributed by atoms with Crippen LogP contribution in [0.25, 0.3) is 0 Å². The molecule has 1 aromatic carbocycles. The molecule has 1 aliphatic rings. The van der Waals surface area contributed by atoms with Gasteiger partial charge in [0.25, 0.3) is 0 Å². The van der Waals surface area contributed by atoms with E-state index >= 15 is 0 Å². The Labute approximate surface area is 115 Å². The number of carbonyl (C=O) groups is 1. The lowest BCUT2D eigenvalue weighted by Crippen LogP contribution is -2.47. The fraction of sp³-hybridized carbons (Fsp3) is 0.562. The first-order valence-corrected chi connectivity index (χ1v) is 7.02. The van der Waals surface area contributed by atoms with Crippen LogP contribution >= 0.6 is 0 Å². The molecule has 2 N–H and O–H groups in total. The zero-order valence-corrected chi connectivity index (χ0v) is 11.9. The predicted molar refractivity (Wildman–Crippen MR) is 76.1 cm³/mol. The van der Waals surface area contributed by atoms with Crippen molar-refractivity contribution in [2.24, 2.45) is 5.92 Å². The molecule has 0 spiro atoms. The first kappa shape index (κ1) is 14.1. The van der Waals surface area contributed by atoms with Crippen LogP contribution in [0, 0.1) is 5.92 Å². The minimum Gasteiger partial charge on any atom is -0.480 e. The molecule has 0 radical (unpaired) electrons. The molecular formula is C16H23NO2. The van der Waals surface area contributed by atoms with E-state index in [9.17, 15) is 9.90 Å². The standard InChI is InChI=1S/C16H23NO2/c1-11(2)10-12-4-6-13(7-5-12)16(3,15(18)19)17-14-8-9-14/h4-7,11,14,17H,8-10H2,1-3H3,(H,18,19). The van der Waals surface area contributed by atoms with Gasteiger partial charge in [0.1, 0.15) is 5.54 Å². The van der Waals surface area contributed by atoms with E-state index in [-0.39, 0.29) is 0 Å². The fourth-order valence-electron chi connectivity index (χ4n) is 2.35. The summed E-state index contributed by atoms with van der Waals surface area (Å²) >= 11 is 0. The monoisotopic (exact) mass is 261 g/mol. The molecule has 3 heteroatoms. The Kier molecular flexibility index (Phi) is 3.95. The number of rotatable bonds is 6. The van der Waals surface area contributed by atoms with Gasteiger partial charge in [-0.1, -0.05) is 38.1 Å². The van der Waals surface area contributed by atoms with E-state index < -0.39 is 11.5 Å². The van der Waals surface area contributed by atoms with E-state index in [0.717, 1.165) is 24.8 Å². The second-order valence-electron chi connectivity index (χ2n) is 6.14. The first-order valence-electron chi connectivity index (χ1n) is 7.02. The lowest BCUT2D eigenvalue weighted by Gasteiger charge is -2.27. The summed E-state index contributed by atoms with van der Waals surface area (Å²) in [4.78, 5) is 11.6. The largest absolute Gasteiger partial charge is 0.480 e. The third-order valence-electron chi connectivity index (χ3n) is 3.67. The van der Waals surface area contributed by atoms with Gasteiger partial charge < -0.3 is 5.11 Å². The minimum atomic E-state index is -0.975. The lowest BCUT2D eigenvalue weighted by molar-refractivity contribution is -0.144. The van der Waals surface area contributed by atoms with Gasteiger partial charge in [-0.25, -0.2) is 4.79 Å². The topological polar surface area (TPSA) is 49.3 Å². The number of carboxylic acid groups (broad SMARTS) is 1. The molecule has 0 saturated heterocycles. The van der Waals surface area contributed by atoms with Crippen LogP contribution in [0.2, 0.25) is 0 Å². The quantitative estimate of drug-likeness (QED) is 0.827. The van der Waals surface area contributed by atoms with Crippen molar-refractivity contribution in [3.05, 3.63) is 35.4 Å². The van der Waals surface area contributed by atoms with Crippen molar-refractivity contribution in [2.45, 2.75) is 51.6 Å². The number of nitrogens with one attached hydrogen (secondary N) is 1. The van der Waals surface area contributed by atoms with Crippen LogP contribution in [-0.4, -0.2) is 17.1 Å². The Morgan fingerprint density at radius 3 is 2.37 bits per heavy atom. The summed E-state index contributed by atoms with van der Waals surface area (Å²) in [5.41, 5.74) is 1.12. The molecule has 1 saturated carbocycles. The highest BCUT2D eigenvalue weighted by Gasteiger charge is 2.39. The summed E-state index contributed by atoms with van der Waals surface area (Å²) in [6.45, 7) is 6.12. The minimum absolute atomic E-state index is 0.358. The average Bonchev–Trinajstić information content (AvgIpc) is 3.12. The van der Waals surface area contributed by atoms with Gasteiger partial charge in [-0.05, 0) is 43.2 Å². The number of aliphatic carboxylic acids is 1. The molecule has 1 aliphatic carbocycles. The third-order valence-corrected chi connectivity index (χ3v) is 3.67. The Morgan fingerprint density at radius 2 is 1.95 bits per heavy atom. The Hall–Kier alpha value is -1.35. The molecule has 1 fully saturated rings. The van der Waals surface area contributed by atoms with Crippen LogP contribution in [0.3, 0.4) is 0 Å². The van der Waals surface area contributed by atoms with E-state index in [0.29, 0.717) is 12.0 Å². The summed E-state index contributed by atoms with van der Waals surface area (Å²) in [5.74, 6) is -0.197. The van der Waals surface area contributed by atoms with Gasteiger partial charge in [0.15, 0.2) is 0 Å². The summed E-state index contributed by atoms with van der Waals surface area (Å²) in [6, 6.07) is 8.34. The second kappa shape index (κ2) is 5.33. The van der Waals surface area contributed by atoms with Crippen molar-refractivity contribution in [3.63, 3.8) is 0 Å². The zero-order valence-electron chi connectivity index (χ0n) is 11.9. The van der Waals surface area contributed by atoms with Gasteiger partial charge in [0.2, 0.25) is 0 Å². The van der Waals surface area contributed by atoms with E-state index in [4.69, 9.17) is 0 Å². The normalized spacial score (nSPS) is 18.3. The summed E-state index contributed by atoms with van der Waals surface area (Å²) in [6.07, 6.45) is 3.18. The molecule has 0 aliphatic heterocycles. The van der Waals surface area contributed by atoms with Gasteiger partial charge in [-0.3, -0.25) is 5.32 Å². The van der Waals surface area contributed by atoms with Crippen LogP contribution in [0.4, 0.5) is 0 Å². The molecule has 19 heavy (non-hydrogen) atoms. The molecule has 104 valence electrons. The Bertz CT molecular complexity index is 448. The number of hydrogen-bond donors (Lipinski definition) is 2. The lowest BCUT2D eigenvalue weighted by atomic mass is 9.90. The van der Waals surface area contributed by atoms with Gasteiger partial charge in [0.05, 0.1) is 0 Å². The van der Waals surface area contributed by atoms with E-state index in [1.807, 2.05) is 24.3 Å². The third kappa shape index (κ3) is 3.35. The Morgan fingerprint density at radius 1 is 1.37 bits per heavy atom. The highest BCUT2D eigenvalue weighted by Crippen LogP contribution is 2.29. The first-order chi connectivity index (χ1) is 8.91. The SMILES string of the molecule is CC(C)Cc1ccc(C(C)(NC2CC2)C(=O)O)cc1. The molecule has 1 unspecified atom stereocenters. The van der Waals surface area contributed by atoms with Crippen LogP contribution in [0.5, 0.6) is 0 Å². The van der Waals surface area contributed by atoms with E-state index in [1.165, 1.54) is 5.56 Å². The molecule has 1 atom stereocenters. The molecule has 3 nitrogen and oxygen atoms in total. The van der Waals surface area contributed by atoms with Crippen molar-refractivity contribution in [2.75, 3.05) is 0 Å². The molecule has 0 heterocycles. The molecule has 0 aromatic heterocycles. The van der Waals surface area contributed by atoms with Crippen LogP contribution in [0.15, 0.2) is 24.3 Å². The molecule has 0 bridgehead atoms. The van der Waals surface area contributed by atoms with Crippen LogP contribution < -0.4 is 5.32 Å². The van der Waals surface area contributed by atoms with Gasteiger partial charge in [0, 0.05) is 6.04 Å².